The second-order valence-corrected chi connectivity index (χ2v) is 7.92. The predicted molar refractivity (Wildman–Crippen MR) is 106 cm³/mol. The molecule has 1 saturated heterocycles. The number of halogens is 1. The molecule has 1 aliphatic rings. The van der Waals surface area contributed by atoms with Crippen molar-refractivity contribution in [2.45, 2.75) is 45.4 Å². The van der Waals surface area contributed by atoms with Gasteiger partial charge in [0, 0.05) is 13.7 Å². The Balaban J connectivity index is 0.00000312. The predicted octanol–water partition coefficient (Wildman–Crippen LogP) is 3.08. The highest BCUT2D eigenvalue weighted by Crippen LogP contribution is 2.29. The van der Waals surface area contributed by atoms with E-state index in [-0.39, 0.29) is 29.1 Å². The van der Waals surface area contributed by atoms with E-state index in [0.29, 0.717) is 13.2 Å². The second kappa shape index (κ2) is 9.56. The zero-order chi connectivity index (χ0) is 17.6. The average Bonchev–Trinajstić information content (AvgIpc) is 2.55. The number of methoxy groups -OCH3 is 1. The van der Waals surface area contributed by atoms with Crippen molar-refractivity contribution in [2.24, 2.45) is 5.41 Å². The largest absolute Gasteiger partial charge is 0.384 e. The Morgan fingerprint density at radius 3 is 2.32 bits per heavy atom. The fourth-order valence-corrected chi connectivity index (χ4v) is 3.30. The third kappa shape index (κ3) is 5.98. The molecule has 0 spiro atoms. The zero-order valence-corrected chi connectivity index (χ0v) is 16.8. The van der Waals surface area contributed by atoms with Crippen LogP contribution in [0.4, 0.5) is 0 Å². The molecule has 0 bridgehead atoms. The van der Waals surface area contributed by atoms with E-state index in [4.69, 9.17) is 4.74 Å². The van der Waals surface area contributed by atoms with Gasteiger partial charge < -0.3 is 15.4 Å². The minimum absolute atomic E-state index is 0. The van der Waals surface area contributed by atoms with Gasteiger partial charge in [-0.1, -0.05) is 45.0 Å². The van der Waals surface area contributed by atoms with Crippen molar-refractivity contribution in [1.29, 1.82) is 0 Å². The first-order valence-corrected chi connectivity index (χ1v) is 8.95. The van der Waals surface area contributed by atoms with Crippen molar-refractivity contribution >= 4 is 18.3 Å². The maximum absolute atomic E-state index is 12.7. The van der Waals surface area contributed by atoms with Gasteiger partial charge in [-0.25, -0.2) is 0 Å². The molecule has 0 aromatic heterocycles. The van der Waals surface area contributed by atoms with Crippen LogP contribution in [-0.4, -0.2) is 39.3 Å². The quantitative estimate of drug-likeness (QED) is 0.811. The summed E-state index contributed by atoms with van der Waals surface area (Å²) >= 11 is 0. The zero-order valence-electron chi connectivity index (χ0n) is 16.0. The van der Waals surface area contributed by atoms with Crippen molar-refractivity contribution < 1.29 is 9.53 Å². The monoisotopic (exact) mass is 368 g/mol. The number of ether oxygens (including phenoxy) is 1. The van der Waals surface area contributed by atoms with E-state index in [1.54, 1.807) is 7.11 Å². The summed E-state index contributed by atoms with van der Waals surface area (Å²) < 4.78 is 5.33. The van der Waals surface area contributed by atoms with Crippen LogP contribution in [0.25, 0.3) is 0 Å². The summed E-state index contributed by atoms with van der Waals surface area (Å²) in [5.74, 6) is 0.136. The lowest BCUT2D eigenvalue weighted by Gasteiger charge is -2.35. The Bertz CT molecular complexity index is 526. The van der Waals surface area contributed by atoms with Crippen LogP contribution < -0.4 is 10.6 Å². The number of carbonyl (C=O) groups is 1. The van der Waals surface area contributed by atoms with Gasteiger partial charge >= 0.3 is 0 Å². The van der Waals surface area contributed by atoms with Crippen LogP contribution in [0.1, 0.15) is 44.7 Å². The number of piperidine rings is 1. The molecule has 1 fully saturated rings. The number of benzene rings is 1. The van der Waals surface area contributed by atoms with Gasteiger partial charge in [0.25, 0.3) is 0 Å². The number of rotatable bonds is 6. The number of carbonyl (C=O) groups excluding carboxylic acids is 1. The van der Waals surface area contributed by atoms with E-state index in [0.717, 1.165) is 32.4 Å². The molecule has 1 heterocycles. The number of hydrogen-bond donors (Lipinski definition) is 2. The minimum atomic E-state index is -0.365. The minimum Gasteiger partial charge on any atom is -0.384 e. The van der Waals surface area contributed by atoms with E-state index in [1.807, 2.05) is 0 Å². The maximum atomic E-state index is 12.7. The SMILES string of the molecule is COCC1(C(=O)NCCc2ccc(C(C)(C)C)cc2)CCNCC1.Cl. The summed E-state index contributed by atoms with van der Waals surface area (Å²) in [6.45, 7) is 9.59. The van der Waals surface area contributed by atoms with E-state index >= 15 is 0 Å². The van der Waals surface area contributed by atoms with Gasteiger partial charge in [-0.3, -0.25) is 4.79 Å². The van der Waals surface area contributed by atoms with Crippen LogP contribution in [0.5, 0.6) is 0 Å². The number of amides is 1. The Morgan fingerprint density at radius 1 is 1.20 bits per heavy atom. The van der Waals surface area contributed by atoms with E-state index in [1.165, 1.54) is 11.1 Å². The maximum Gasteiger partial charge on any atom is 0.228 e. The van der Waals surface area contributed by atoms with Crippen molar-refractivity contribution in [1.82, 2.24) is 10.6 Å². The summed E-state index contributed by atoms with van der Waals surface area (Å²) in [5, 5.41) is 6.44. The lowest BCUT2D eigenvalue weighted by atomic mass is 9.78. The van der Waals surface area contributed by atoms with Crippen LogP contribution in [0.2, 0.25) is 0 Å². The first-order chi connectivity index (χ1) is 11.4. The molecule has 5 heteroatoms. The molecule has 25 heavy (non-hydrogen) atoms. The summed E-state index contributed by atoms with van der Waals surface area (Å²) in [6, 6.07) is 8.72. The van der Waals surface area contributed by atoms with Crippen molar-refractivity contribution in [2.75, 3.05) is 33.4 Å². The molecule has 1 aliphatic heterocycles. The summed E-state index contributed by atoms with van der Waals surface area (Å²) in [7, 11) is 1.67. The number of nitrogens with one attached hydrogen (secondary N) is 2. The number of hydrogen-bond acceptors (Lipinski definition) is 3. The molecule has 1 aromatic carbocycles. The lowest BCUT2D eigenvalue weighted by molar-refractivity contribution is -0.136. The van der Waals surface area contributed by atoms with E-state index in [2.05, 4.69) is 55.7 Å². The molecule has 0 radical (unpaired) electrons. The molecule has 1 amide bonds. The van der Waals surface area contributed by atoms with Crippen LogP contribution in [0.15, 0.2) is 24.3 Å². The van der Waals surface area contributed by atoms with Gasteiger partial charge in [0.1, 0.15) is 0 Å². The van der Waals surface area contributed by atoms with Crippen molar-refractivity contribution in [3.8, 4) is 0 Å². The van der Waals surface area contributed by atoms with E-state index < -0.39 is 0 Å². The molecule has 0 atom stereocenters. The van der Waals surface area contributed by atoms with Crippen LogP contribution >= 0.6 is 12.4 Å². The molecule has 0 unspecified atom stereocenters. The summed E-state index contributed by atoms with van der Waals surface area (Å²) in [5.41, 5.74) is 2.41. The third-order valence-corrected chi connectivity index (χ3v) is 4.98. The Hall–Kier alpha value is -1.10. The van der Waals surface area contributed by atoms with E-state index in [9.17, 15) is 4.79 Å². The summed E-state index contributed by atoms with van der Waals surface area (Å²) in [6.07, 6.45) is 2.54. The smallest absolute Gasteiger partial charge is 0.228 e. The molecular formula is C20H33ClN2O2. The third-order valence-electron chi connectivity index (χ3n) is 4.98. The second-order valence-electron chi connectivity index (χ2n) is 7.92. The lowest BCUT2D eigenvalue weighted by Crippen LogP contribution is -2.50. The molecular weight excluding hydrogens is 336 g/mol. The molecule has 0 aliphatic carbocycles. The highest BCUT2D eigenvalue weighted by atomic mass is 35.5. The van der Waals surface area contributed by atoms with Gasteiger partial charge in [0.05, 0.1) is 12.0 Å². The fourth-order valence-electron chi connectivity index (χ4n) is 3.30. The van der Waals surface area contributed by atoms with Gasteiger partial charge in [-0.05, 0) is 48.9 Å². The molecule has 2 rings (SSSR count). The average molecular weight is 369 g/mol. The van der Waals surface area contributed by atoms with Crippen molar-refractivity contribution in [3.63, 3.8) is 0 Å². The Labute approximate surface area is 158 Å². The van der Waals surface area contributed by atoms with Crippen molar-refractivity contribution in [3.05, 3.63) is 35.4 Å². The normalized spacial score (nSPS) is 16.8. The molecule has 0 saturated carbocycles. The molecule has 4 nitrogen and oxygen atoms in total. The molecule has 1 aromatic rings. The fraction of sp³-hybridized carbons (Fsp3) is 0.650. The van der Waals surface area contributed by atoms with Gasteiger partial charge in [0.2, 0.25) is 5.91 Å². The first-order valence-electron chi connectivity index (χ1n) is 8.95. The van der Waals surface area contributed by atoms with Crippen LogP contribution in [-0.2, 0) is 21.4 Å². The Morgan fingerprint density at radius 2 is 1.80 bits per heavy atom. The van der Waals surface area contributed by atoms with Gasteiger partial charge in [0.15, 0.2) is 0 Å². The topological polar surface area (TPSA) is 50.4 Å². The first kappa shape index (κ1) is 21.9. The Kier molecular flexibility index (Phi) is 8.39. The van der Waals surface area contributed by atoms with Crippen LogP contribution in [0, 0.1) is 5.41 Å². The van der Waals surface area contributed by atoms with Gasteiger partial charge in [-0.2, -0.15) is 0 Å². The molecule has 2 N–H and O–H groups in total. The standard InChI is InChI=1S/C20H32N2O2.ClH/c1-19(2,3)17-7-5-16(6-8-17)9-12-22-18(23)20(15-24-4)10-13-21-14-11-20;/h5-8,21H,9-15H2,1-4H3,(H,22,23);1H. The highest BCUT2D eigenvalue weighted by molar-refractivity contribution is 5.85. The molecule has 142 valence electrons. The highest BCUT2D eigenvalue weighted by Gasteiger charge is 2.39. The summed E-state index contributed by atoms with van der Waals surface area (Å²) in [4.78, 5) is 12.7. The van der Waals surface area contributed by atoms with Gasteiger partial charge in [-0.15, -0.1) is 12.4 Å². The van der Waals surface area contributed by atoms with Crippen LogP contribution in [0.3, 0.4) is 0 Å².